The van der Waals surface area contributed by atoms with Crippen LogP contribution in [0, 0.1) is 0 Å². The highest BCUT2D eigenvalue weighted by atomic mass is 35.5. The van der Waals surface area contributed by atoms with Gasteiger partial charge in [-0.2, -0.15) is 0 Å². The molecule has 0 unspecified atom stereocenters. The van der Waals surface area contributed by atoms with E-state index >= 15 is 0 Å². The number of rotatable bonds is 3. The molecule has 0 bridgehead atoms. The molecule has 18 heavy (non-hydrogen) atoms. The Kier molecular flexibility index (Phi) is 4.49. The zero-order valence-corrected chi connectivity index (χ0v) is 11.8. The van der Waals surface area contributed by atoms with Crippen molar-refractivity contribution in [3.05, 3.63) is 28.8 Å². The molecular weight excluding hydrogens is 248 g/mol. The molecule has 3 nitrogen and oxygen atoms in total. The number of hydrogen-bond donors (Lipinski definition) is 1. The second-order valence-electron chi connectivity index (χ2n) is 5.05. The van der Waals surface area contributed by atoms with Crippen molar-refractivity contribution >= 4 is 17.3 Å². The van der Waals surface area contributed by atoms with Crippen molar-refractivity contribution in [3.63, 3.8) is 0 Å². The predicted octanol–water partition coefficient (Wildman–Crippen LogP) is 2.36. The molecule has 0 aliphatic carbocycles. The largest absolute Gasteiger partial charge is 0.392 e. The fourth-order valence-electron chi connectivity index (χ4n) is 2.65. The summed E-state index contributed by atoms with van der Waals surface area (Å²) >= 11 is 6.29. The highest BCUT2D eigenvalue weighted by molar-refractivity contribution is 6.33. The molecule has 1 N–H and O–H groups in total. The zero-order valence-electron chi connectivity index (χ0n) is 11.1. The summed E-state index contributed by atoms with van der Waals surface area (Å²) in [4.78, 5) is 4.59. The van der Waals surface area contributed by atoms with E-state index in [9.17, 15) is 5.11 Å². The summed E-state index contributed by atoms with van der Waals surface area (Å²) in [6.45, 7) is 2.27. The summed E-state index contributed by atoms with van der Waals surface area (Å²) in [5.41, 5.74) is 1.89. The molecule has 1 aromatic rings. The quantitative estimate of drug-likeness (QED) is 0.912. The number of para-hydroxylation sites is 1. The molecule has 4 heteroatoms. The van der Waals surface area contributed by atoms with Crippen LogP contribution in [0.15, 0.2) is 18.2 Å². The molecule has 1 aromatic carbocycles. The number of piperidine rings is 1. The van der Waals surface area contributed by atoms with Gasteiger partial charge in [0.25, 0.3) is 0 Å². The number of anilines is 1. The smallest absolute Gasteiger partial charge is 0.0702 e. The summed E-state index contributed by atoms with van der Waals surface area (Å²) in [7, 11) is 4.24. The molecule has 1 aliphatic rings. The van der Waals surface area contributed by atoms with Crippen molar-refractivity contribution in [2.45, 2.75) is 25.5 Å². The van der Waals surface area contributed by atoms with Crippen LogP contribution in [0.5, 0.6) is 0 Å². The Hall–Kier alpha value is -0.770. The number of halogens is 1. The number of likely N-dealkylation sites (tertiary alicyclic amines) is 1. The maximum atomic E-state index is 9.44. The first-order valence-electron chi connectivity index (χ1n) is 6.43. The second-order valence-corrected chi connectivity index (χ2v) is 5.46. The van der Waals surface area contributed by atoms with Gasteiger partial charge in [-0.25, -0.2) is 0 Å². The molecule has 1 fully saturated rings. The molecule has 0 atom stereocenters. The number of benzene rings is 1. The average molecular weight is 269 g/mol. The summed E-state index contributed by atoms with van der Waals surface area (Å²) in [5.74, 6) is 0. The normalized spacial score (nSPS) is 18.0. The van der Waals surface area contributed by atoms with E-state index in [0.717, 1.165) is 42.2 Å². The molecular formula is C14H21ClN2O. The number of aliphatic hydroxyl groups excluding tert-OH is 1. The van der Waals surface area contributed by atoms with E-state index in [1.54, 1.807) is 0 Å². The van der Waals surface area contributed by atoms with Gasteiger partial charge in [0.05, 0.1) is 17.3 Å². The molecule has 1 saturated heterocycles. The molecule has 0 radical (unpaired) electrons. The van der Waals surface area contributed by atoms with Crippen molar-refractivity contribution in [1.29, 1.82) is 0 Å². The minimum atomic E-state index is 0.0346. The van der Waals surface area contributed by atoms with Crippen LogP contribution in [0.3, 0.4) is 0 Å². The Balaban J connectivity index is 2.20. The van der Waals surface area contributed by atoms with Crippen molar-refractivity contribution in [2.24, 2.45) is 0 Å². The summed E-state index contributed by atoms with van der Waals surface area (Å²) in [6.07, 6.45) is 2.28. The highest BCUT2D eigenvalue weighted by Crippen LogP contribution is 2.32. The highest BCUT2D eigenvalue weighted by Gasteiger charge is 2.23. The van der Waals surface area contributed by atoms with Gasteiger partial charge in [-0.1, -0.05) is 23.7 Å². The average Bonchev–Trinajstić information content (AvgIpc) is 2.38. The van der Waals surface area contributed by atoms with Gasteiger partial charge in [0.2, 0.25) is 0 Å². The Bertz CT molecular complexity index is 403. The van der Waals surface area contributed by atoms with Gasteiger partial charge in [-0.05, 0) is 39.0 Å². The first kappa shape index (κ1) is 13.7. The molecule has 1 aliphatic heterocycles. The fourth-order valence-corrected chi connectivity index (χ4v) is 2.97. The van der Waals surface area contributed by atoms with Gasteiger partial charge >= 0.3 is 0 Å². The summed E-state index contributed by atoms with van der Waals surface area (Å²) in [6, 6.07) is 6.22. The van der Waals surface area contributed by atoms with E-state index in [1.165, 1.54) is 0 Å². The van der Waals surface area contributed by atoms with E-state index in [2.05, 4.69) is 23.9 Å². The van der Waals surface area contributed by atoms with Crippen LogP contribution in [0.1, 0.15) is 18.4 Å². The monoisotopic (exact) mass is 268 g/mol. The van der Waals surface area contributed by atoms with Crippen LogP contribution in [-0.4, -0.2) is 43.2 Å². The van der Waals surface area contributed by atoms with Crippen LogP contribution in [-0.2, 0) is 6.61 Å². The van der Waals surface area contributed by atoms with Gasteiger partial charge in [-0.15, -0.1) is 0 Å². The van der Waals surface area contributed by atoms with Crippen LogP contribution >= 0.6 is 11.6 Å². The van der Waals surface area contributed by atoms with E-state index in [4.69, 9.17) is 11.6 Å². The third-order valence-corrected chi connectivity index (χ3v) is 4.13. The van der Waals surface area contributed by atoms with Gasteiger partial charge in [-0.3, -0.25) is 0 Å². The summed E-state index contributed by atoms with van der Waals surface area (Å²) < 4.78 is 0. The number of hydrogen-bond acceptors (Lipinski definition) is 3. The SMILES string of the molecule is CN1CCC(N(C)c2c(Cl)cccc2CO)CC1. The van der Waals surface area contributed by atoms with Crippen LogP contribution < -0.4 is 4.90 Å². The van der Waals surface area contributed by atoms with Crippen LogP contribution in [0.4, 0.5) is 5.69 Å². The molecule has 100 valence electrons. The van der Waals surface area contributed by atoms with E-state index < -0.39 is 0 Å². The third-order valence-electron chi connectivity index (χ3n) is 3.83. The molecule has 0 spiro atoms. The molecule has 0 saturated carbocycles. The third kappa shape index (κ3) is 2.79. The molecule has 0 amide bonds. The minimum absolute atomic E-state index is 0.0346. The van der Waals surface area contributed by atoms with Gasteiger partial charge in [0, 0.05) is 18.7 Å². The van der Waals surface area contributed by atoms with E-state index in [-0.39, 0.29) is 6.61 Å². The molecule has 0 aromatic heterocycles. The topological polar surface area (TPSA) is 26.7 Å². The zero-order chi connectivity index (χ0) is 13.1. The number of aliphatic hydroxyl groups is 1. The lowest BCUT2D eigenvalue weighted by Crippen LogP contribution is -2.42. The fraction of sp³-hybridized carbons (Fsp3) is 0.571. The van der Waals surface area contributed by atoms with Crippen LogP contribution in [0.2, 0.25) is 5.02 Å². The lowest BCUT2D eigenvalue weighted by molar-refractivity contribution is 0.251. The lowest BCUT2D eigenvalue weighted by atomic mass is 10.0. The minimum Gasteiger partial charge on any atom is -0.392 e. The van der Waals surface area contributed by atoms with Crippen molar-refractivity contribution in [1.82, 2.24) is 4.90 Å². The van der Waals surface area contributed by atoms with Crippen molar-refractivity contribution in [3.8, 4) is 0 Å². The van der Waals surface area contributed by atoms with E-state index in [1.807, 2.05) is 18.2 Å². The van der Waals surface area contributed by atoms with Crippen molar-refractivity contribution < 1.29 is 5.11 Å². The maximum Gasteiger partial charge on any atom is 0.0702 e. The Morgan fingerprint density at radius 1 is 1.39 bits per heavy atom. The van der Waals surface area contributed by atoms with Crippen molar-refractivity contribution in [2.75, 3.05) is 32.1 Å². The standard InChI is InChI=1S/C14H21ClN2O/c1-16-8-6-12(7-9-16)17(2)14-11(10-18)4-3-5-13(14)15/h3-5,12,18H,6-10H2,1-2H3. The number of nitrogens with zero attached hydrogens (tertiary/aromatic N) is 2. The molecule has 1 heterocycles. The first-order chi connectivity index (χ1) is 8.63. The van der Waals surface area contributed by atoms with Gasteiger partial charge in [0.1, 0.15) is 0 Å². The van der Waals surface area contributed by atoms with E-state index in [0.29, 0.717) is 6.04 Å². The Morgan fingerprint density at radius 2 is 2.06 bits per heavy atom. The van der Waals surface area contributed by atoms with Crippen LogP contribution in [0.25, 0.3) is 0 Å². The summed E-state index contributed by atoms with van der Waals surface area (Å²) in [5, 5.41) is 10.2. The Morgan fingerprint density at radius 3 is 2.67 bits per heavy atom. The van der Waals surface area contributed by atoms with Gasteiger partial charge < -0.3 is 14.9 Å². The second kappa shape index (κ2) is 5.91. The molecule has 2 rings (SSSR count). The first-order valence-corrected chi connectivity index (χ1v) is 6.81. The van der Waals surface area contributed by atoms with Gasteiger partial charge in [0.15, 0.2) is 0 Å². The predicted molar refractivity (Wildman–Crippen MR) is 76.3 cm³/mol. The Labute approximate surface area is 114 Å². The maximum absolute atomic E-state index is 9.44. The lowest BCUT2D eigenvalue weighted by Gasteiger charge is -2.37.